The van der Waals surface area contributed by atoms with Crippen LogP contribution in [0.1, 0.15) is 29.3 Å². The van der Waals surface area contributed by atoms with E-state index in [1.165, 1.54) is 5.56 Å². The third-order valence-corrected chi connectivity index (χ3v) is 4.87. The molecule has 0 bridgehead atoms. The van der Waals surface area contributed by atoms with Crippen molar-refractivity contribution in [1.82, 2.24) is 5.32 Å². The van der Waals surface area contributed by atoms with E-state index in [1.54, 1.807) is 35.6 Å². The Bertz CT molecular complexity index is 680. The van der Waals surface area contributed by atoms with Crippen LogP contribution in [0, 0.1) is 11.8 Å². The first-order valence-corrected chi connectivity index (χ1v) is 8.78. The van der Waals surface area contributed by atoms with Crippen molar-refractivity contribution in [2.75, 3.05) is 11.9 Å². The zero-order valence-corrected chi connectivity index (χ0v) is 13.9. The van der Waals surface area contributed by atoms with E-state index in [0.717, 1.165) is 18.5 Å². The van der Waals surface area contributed by atoms with Crippen molar-refractivity contribution in [2.45, 2.75) is 19.8 Å². The molecule has 2 aromatic rings. The van der Waals surface area contributed by atoms with E-state index >= 15 is 0 Å². The van der Waals surface area contributed by atoms with Crippen LogP contribution < -0.4 is 10.6 Å². The minimum Gasteiger partial charge on any atom is -0.352 e. The predicted molar refractivity (Wildman–Crippen MR) is 92.7 cm³/mol. The molecule has 2 N–H and O–H groups in total. The molecule has 0 aliphatic heterocycles. The number of thiophene rings is 1. The van der Waals surface area contributed by atoms with Gasteiger partial charge >= 0.3 is 0 Å². The number of carbonyl (C=O) groups is 2. The van der Waals surface area contributed by atoms with Crippen molar-refractivity contribution >= 4 is 28.8 Å². The van der Waals surface area contributed by atoms with Crippen LogP contribution in [-0.2, 0) is 11.2 Å². The zero-order valence-electron chi connectivity index (χ0n) is 13.0. The summed E-state index contributed by atoms with van der Waals surface area (Å²) in [5.74, 6) is 0.623. The Morgan fingerprint density at radius 1 is 1.22 bits per heavy atom. The summed E-state index contributed by atoms with van der Waals surface area (Å²) in [5.41, 5.74) is 2.58. The van der Waals surface area contributed by atoms with E-state index in [4.69, 9.17) is 0 Å². The van der Waals surface area contributed by atoms with Gasteiger partial charge in [0.1, 0.15) is 0 Å². The number of hydrogen-bond acceptors (Lipinski definition) is 3. The van der Waals surface area contributed by atoms with Crippen LogP contribution in [0.3, 0.4) is 0 Å². The maximum Gasteiger partial charge on any atom is 0.251 e. The van der Waals surface area contributed by atoms with Crippen molar-refractivity contribution in [2.24, 2.45) is 11.8 Å². The number of anilines is 1. The molecule has 0 radical (unpaired) electrons. The average Bonchev–Trinajstić information content (AvgIpc) is 3.06. The third kappa shape index (κ3) is 4.20. The van der Waals surface area contributed by atoms with Crippen molar-refractivity contribution in [3.05, 3.63) is 52.2 Å². The summed E-state index contributed by atoms with van der Waals surface area (Å²) in [6.07, 6.45) is 1.80. The van der Waals surface area contributed by atoms with Crippen LogP contribution in [0.5, 0.6) is 0 Å². The molecule has 120 valence electrons. The molecule has 2 atom stereocenters. The molecule has 1 aliphatic rings. The molecule has 2 unspecified atom stereocenters. The van der Waals surface area contributed by atoms with Gasteiger partial charge in [0.2, 0.25) is 5.91 Å². The lowest BCUT2D eigenvalue weighted by Gasteiger charge is -2.07. The normalized spacial score (nSPS) is 19.2. The molecule has 1 heterocycles. The van der Waals surface area contributed by atoms with E-state index in [9.17, 15) is 9.59 Å². The van der Waals surface area contributed by atoms with Crippen LogP contribution in [0.4, 0.5) is 5.69 Å². The fraction of sp³-hybridized carbons (Fsp3) is 0.333. The molecule has 1 fully saturated rings. The molecule has 2 amide bonds. The van der Waals surface area contributed by atoms with Crippen molar-refractivity contribution in [3.8, 4) is 0 Å². The SMILES string of the molecule is CC1CC1C(=O)Nc1ccc(C(=O)NCCc2ccsc2)cc1. The molecule has 0 saturated heterocycles. The summed E-state index contributed by atoms with van der Waals surface area (Å²) in [6, 6.07) is 9.10. The molecule has 1 aromatic heterocycles. The largest absolute Gasteiger partial charge is 0.352 e. The number of benzene rings is 1. The first-order chi connectivity index (χ1) is 11.1. The molecule has 1 aromatic carbocycles. The van der Waals surface area contributed by atoms with Crippen LogP contribution in [0.15, 0.2) is 41.1 Å². The Morgan fingerprint density at radius 3 is 2.57 bits per heavy atom. The highest BCUT2D eigenvalue weighted by atomic mass is 32.1. The quantitative estimate of drug-likeness (QED) is 0.854. The van der Waals surface area contributed by atoms with Gasteiger partial charge in [0.05, 0.1) is 0 Å². The minimum atomic E-state index is -0.0890. The number of amides is 2. The van der Waals surface area contributed by atoms with Crippen LogP contribution in [0.25, 0.3) is 0 Å². The van der Waals surface area contributed by atoms with E-state index in [2.05, 4.69) is 29.0 Å². The number of carbonyl (C=O) groups excluding carboxylic acids is 2. The monoisotopic (exact) mass is 328 g/mol. The smallest absolute Gasteiger partial charge is 0.251 e. The molecular formula is C18H20N2O2S. The lowest BCUT2D eigenvalue weighted by molar-refractivity contribution is -0.117. The summed E-state index contributed by atoms with van der Waals surface area (Å²) in [7, 11) is 0. The summed E-state index contributed by atoms with van der Waals surface area (Å²) in [4.78, 5) is 23.9. The summed E-state index contributed by atoms with van der Waals surface area (Å²) >= 11 is 1.66. The van der Waals surface area contributed by atoms with Gasteiger partial charge in [0.25, 0.3) is 5.91 Å². The molecule has 3 rings (SSSR count). The minimum absolute atomic E-state index is 0.0745. The Balaban J connectivity index is 1.48. The standard InChI is InChI=1S/C18H20N2O2S/c1-12-10-16(12)18(22)20-15-4-2-14(3-5-15)17(21)19-8-6-13-7-9-23-11-13/h2-5,7,9,11-12,16H,6,8,10H2,1H3,(H,19,21)(H,20,22). The van der Waals surface area contributed by atoms with Gasteiger partial charge in [0, 0.05) is 23.7 Å². The molecular weight excluding hydrogens is 308 g/mol. The first kappa shape index (κ1) is 15.7. The van der Waals surface area contributed by atoms with Gasteiger partial charge in [-0.25, -0.2) is 0 Å². The van der Waals surface area contributed by atoms with Gasteiger partial charge in [-0.15, -0.1) is 0 Å². The van der Waals surface area contributed by atoms with Gasteiger partial charge in [-0.3, -0.25) is 9.59 Å². The molecule has 1 aliphatic carbocycles. The fourth-order valence-corrected chi connectivity index (χ4v) is 3.19. The highest BCUT2D eigenvalue weighted by molar-refractivity contribution is 7.07. The summed E-state index contributed by atoms with van der Waals surface area (Å²) in [6.45, 7) is 2.70. The van der Waals surface area contributed by atoms with Gasteiger partial charge < -0.3 is 10.6 Å². The Labute approximate surface area is 139 Å². The Morgan fingerprint density at radius 2 is 1.96 bits per heavy atom. The van der Waals surface area contributed by atoms with Crippen LogP contribution in [-0.4, -0.2) is 18.4 Å². The van der Waals surface area contributed by atoms with E-state index in [0.29, 0.717) is 18.0 Å². The fourth-order valence-electron chi connectivity index (χ4n) is 2.48. The maximum absolute atomic E-state index is 12.1. The Kier molecular flexibility index (Phi) is 4.76. The molecule has 5 heteroatoms. The summed E-state index contributed by atoms with van der Waals surface area (Å²) in [5, 5.41) is 9.92. The van der Waals surface area contributed by atoms with Gasteiger partial charge in [-0.1, -0.05) is 6.92 Å². The molecule has 1 saturated carbocycles. The second-order valence-corrected chi connectivity index (χ2v) is 6.80. The van der Waals surface area contributed by atoms with E-state index in [1.807, 2.05) is 5.38 Å². The third-order valence-electron chi connectivity index (χ3n) is 4.14. The van der Waals surface area contributed by atoms with E-state index in [-0.39, 0.29) is 17.7 Å². The van der Waals surface area contributed by atoms with Crippen molar-refractivity contribution < 1.29 is 9.59 Å². The second-order valence-electron chi connectivity index (χ2n) is 6.02. The Hall–Kier alpha value is -2.14. The highest BCUT2D eigenvalue weighted by Gasteiger charge is 2.38. The van der Waals surface area contributed by atoms with Crippen LogP contribution >= 0.6 is 11.3 Å². The van der Waals surface area contributed by atoms with Crippen molar-refractivity contribution in [1.29, 1.82) is 0 Å². The van der Waals surface area contributed by atoms with Crippen LogP contribution in [0.2, 0.25) is 0 Å². The summed E-state index contributed by atoms with van der Waals surface area (Å²) < 4.78 is 0. The predicted octanol–water partition coefficient (Wildman–Crippen LogP) is 3.32. The molecule has 4 nitrogen and oxygen atoms in total. The number of rotatable bonds is 6. The maximum atomic E-state index is 12.1. The van der Waals surface area contributed by atoms with E-state index < -0.39 is 0 Å². The van der Waals surface area contributed by atoms with Gasteiger partial charge in [-0.2, -0.15) is 11.3 Å². The van der Waals surface area contributed by atoms with Gasteiger partial charge in [0.15, 0.2) is 0 Å². The lowest BCUT2D eigenvalue weighted by Crippen LogP contribution is -2.25. The second kappa shape index (κ2) is 6.96. The number of nitrogens with one attached hydrogen (secondary N) is 2. The van der Waals surface area contributed by atoms with Crippen molar-refractivity contribution in [3.63, 3.8) is 0 Å². The topological polar surface area (TPSA) is 58.2 Å². The zero-order chi connectivity index (χ0) is 16.2. The first-order valence-electron chi connectivity index (χ1n) is 7.83. The van der Waals surface area contributed by atoms with Gasteiger partial charge in [-0.05, 0) is 65.4 Å². The lowest BCUT2D eigenvalue weighted by atomic mass is 10.2. The highest BCUT2D eigenvalue weighted by Crippen LogP contribution is 2.38. The average molecular weight is 328 g/mol. The molecule has 0 spiro atoms. The number of hydrogen-bond donors (Lipinski definition) is 2. The molecule has 23 heavy (non-hydrogen) atoms.